The number of fused-ring (bicyclic) bond motifs is 1. The van der Waals surface area contributed by atoms with Crippen molar-refractivity contribution in [1.29, 1.82) is 0 Å². The van der Waals surface area contributed by atoms with Crippen molar-refractivity contribution in [3.63, 3.8) is 0 Å². The van der Waals surface area contributed by atoms with Crippen LogP contribution in [0.3, 0.4) is 0 Å². The molecule has 0 saturated heterocycles. The normalized spacial score (nSPS) is 20.7. The third kappa shape index (κ3) is 3.16. The van der Waals surface area contributed by atoms with Crippen molar-refractivity contribution in [1.82, 2.24) is 5.32 Å². The first-order valence-corrected chi connectivity index (χ1v) is 6.94. The molecule has 0 amide bonds. The summed E-state index contributed by atoms with van der Waals surface area (Å²) in [6.07, 6.45) is 2.71. The standard InChI is InChI=1S/C16H23NO2/c1-16(2)10-8-14(17-11-9-15(18)19-3)12-6-4-5-7-13(12)16/h4-7,14,17H,8-11H2,1-3H3. The van der Waals surface area contributed by atoms with Gasteiger partial charge in [-0.1, -0.05) is 38.1 Å². The molecule has 104 valence electrons. The monoisotopic (exact) mass is 261 g/mol. The summed E-state index contributed by atoms with van der Waals surface area (Å²) in [5.74, 6) is -0.156. The third-order valence-corrected chi connectivity index (χ3v) is 4.07. The molecule has 1 aromatic rings. The Morgan fingerprint density at radius 3 is 2.89 bits per heavy atom. The number of ether oxygens (including phenoxy) is 1. The molecule has 19 heavy (non-hydrogen) atoms. The predicted octanol–water partition coefficient (Wildman–Crippen LogP) is 2.95. The molecule has 0 fully saturated rings. The molecular weight excluding hydrogens is 238 g/mol. The lowest BCUT2D eigenvalue weighted by Crippen LogP contribution is -2.33. The van der Waals surface area contributed by atoms with E-state index in [4.69, 9.17) is 0 Å². The summed E-state index contributed by atoms with van der Waals surface area (Å²) in [5.41, 5.74) is 3.05. The number of esters is 1. The smallest absolute Gasteiger partial charge is 0.306 e. The maximum Gasteiger partial charge on any atom is 0.306 e. The SMILES string of the molecule is COC(=O)CCNC1CCC(C)(C)c2ccccc21. The van der Waals surface area contributed by atoms with Crippen molar-refractivity contribution >= 4 is 5.97 Å². The second-order valence-electron chi connectivity index (χ2n) is 5.84. The highest BCUT2D eigenvalue weighted by atomic mass is 16.5. The number of methoxy groups -OCH3 is 1. The van der Waals surface area contributed by atoms with Gasteiger partial charge in [-0.2, -0.15) is 0 Å². The van der Waals surface area contributed by atoms with Crippen molar-refractivity contribution in [3.05, 3.63) is 35.4 Å². The number of carbonyl (C=O) groups excluding carboxylic acids is 1. The third-order valence-electron chi connectivity index (χ3n) is 4.07. The summed E-state index contributed by atoms with van der Waals surface area (Å²) in [4.78, 5) is 11.1. The molecule has 1 atom stereocenters. The van der Waals surface area contributed by atoms with E-state index in [0.717, 1.165) is 6.42 Å². The fourth-order valence-electron chi connectivity index (χ4n) is 2.88. The number of hydrogen-bond donors (Lipinski definition) is 1. The molecule has 1 aromatic carbocycles. The highest BCUT2D eigenvalue weighted by Gasteiger charge is 2.31. The van der Waals surface area contributed by atoms with E-state index < -0.39 is 0 Å². The van der Waals surface area contributed by atoms with Crippen LogP contribution < -0.4 is 5.32 Å². The Hall–Kier alpha value is -1.35. The van der Waals surface area contributed by atoms with Gasteiger partial charge in [-0.15, -0.1) is 0 Å². The Morgan fingerprint density at radius 1 is 1.42 bits per heavy atom. The minimum atomic E-state index is -0.156. The van der Waals surface area contributed by atoms with E-state index in [9.17, 15) is 4.79 Å². The van der Waals surface area contributed by atoms with Crippen LogP contribution in [-0.2, 0) is 14.9 Å². The molecule has 1 aliphatic carbocycles. The maximum atomic E-state index is 11.1. The molecule has 3 nitrogen and oxygen atoms in total. The molecular formula is C16H23NO2. The minimum Gasteiger partial charge on any atom is -0.469 e. The molecule has 0 heterocycles. The van der Waals surface area contributed by atoms with Crippen LogP contribution in [0.2, 0.25) is 0 Å². The average molecular weight is 261 g/mol. The zero-order valence-corrected chi connectivity index (χ0v) is 12.0. The van der Waals surface area contributed by atoms with Crippen LogP contribution in [0.15, 0.2) is 24.3 Å². The van der Waals surface area contributed by atoms with Crippen LogP contribution in [0.5, 0.6) is 0 Å². The number of hydrogen-bond acceptors (Lipinski definition) is 3. The Labute approximate surface area is 115 Å². The maximum absolute atomic E-state index is 11.1. The van der Waals surface area contributed by atoms with Gasteiger partial charge in [0, 0.05) is 12.6 Å². The van der Waals surface area contributed by atoms with Crippen LogP contribution in [-0.4, -0.2) is 19.6 Å². The fraction of sp³-hybridized carbons (Fsp3) is 0.562. The topological polar surface area (TPSA) is 38.3 Å². The summed E-state index contributed by atoms with van der Waals surface area (Å²) >= 11 is 0. The van der Waals surface area contributed by atoms with E-state index in [0.29, 0.717) is 19.0 Å². The van der Waals surface area contributed by atoms with Crippen LogP contribution in [0.25, 0.3) is 0 Å². The lowest BCUT2D eigenvalue weighted by molar-refractivity contribution is -0.140. The highest BCUT2D eigenvalue weighted by molar-refractivity contribution is 5.69. The van der Waals surface area contributed by atoms with Crippen LogP contribution in [0, 0.1) is 0 Å². The van der Waals surface area contributed by atoms with E-state index in [1.807, 2.05) is 0 Å². The number of nitrogens with one attached hydrogen (secondary N) is 1. The molecule has 1 unspecified atom stereocenters. The second-order valence-corrected chi connectivity index (χ2v) is 5.84. The zero-order chi connectivity index (χ0) is 13.9. The quantitative estimate of drug-likeness (QED) is 0.847. The Morgan fingerprint density at radius 2 is 2.16 bits per heavy atom. The largest absolute Gasteiger partial charge is 0.469 e. The summed E-state index contributed by atoms with van der Waals surface area (Å²) in [5, 5.41) is 3.48. The van der Waals surface area contributed by atoms with Gasteiger partial charge in [0.15, 0.2) is 0 Å². The van der Waals surface area contributed by atoms with E-state index >= 15 is 0 Å². The number of carbonyl (C=O) groups is 1. The van der Waals surface area contributed by atoms with Crippen LogP contribution in [0.1, 0.15) is 50.3 Å². The van der Waals surface area contributed by atoms with E-state index in [-0.39, 0.29) is 11.4 Å². The summed E-state index contributed by atoms with van der Waals surface area (Å²) in [6, 6.07) is 8.98. The fourth-order valence-corrected chi connectivity index (χ4v) is 2.88. The van der Waals surface area contributed by atoms with Gasteiger partial charge in [-0.05, 0) is 29.4 Å². The van der Waals surface area contributed by atoms with Gasteiger partial charge < -0.3 is 10.1 Å². The molecule has 1 N–H and O–H groups in total. The highest BCUT2D eigenvalue weighted by Crippen LogP contribution is 2.41. The zero-order valence-electron chi connectivity index (χ0n) is 12.0. The molecule has 3 heteroatoms. The lowest BCUT2D eigenvalue weighted by atomic mass is 9.71. The minimum absolute atomic E-state index is 0.156. The molecule has 0 saturated carbocycles. The first kappa shape index (κ1) is 14.1. The van der Waals surface area contributed by atoms with Gasteiger partial charge in [-0.3, -0.25) is 4.79 Å². The first-order valence-electron chi connectivity index (χ1n) is 6.94. The second kappa shape index (κ2) is 5.74. The summed E-state index contributed by atoms with van der Waals surface area (Å²) < 4.78 is 4.66. The van der Waals surface area contributed by atoms with E-state index in [1.54, 1.807) is 0 Å². The van der Waals surface area contributed by atoms with Gasteiger partial charge in [0.25, 0.3) is 0 Å². The Balaban J connectivity index is 2.06. The summed E-state index contributed by atoms with van der Waals surface area (Å²) in [7, 11) is 1.43. The summed E-state index contributed by atoms with van der Waals surface area (Å²) in [6.45, 7) is 5.28. The first-order chi connectivity index (χ1) is 9.04. The molecule has 1 aliphatic rings. The predicted molar refractivity (Wildman–Crippen MR) is 76.1 cm³/mol. The molecule has 0 radical (unpaired) electrons. The average Bonchev–Trinajstić information content (AvgIpc) is 2.41. The van der Waals surface area contributed by atoms with Gasteiger partial charge in [0.2, 0.25) is 0 Å². The van der Waals surface area contributed by atoms with Crippen molar-refractivity contribution in [2.45, 2.75) is 44.6 Å². The number of benzene rings is 1. The molecule has 0 aromatic heterocycles. The molecule has 0 spiro atoms. The van der Waals surface area contributed by atoms with Gasteiger partial charge >= 0.3 is 5.97 Å². The van der Waals surface area contributed by atoms with Crippen LogP contribution >= 0.6 is 0 Å². The van der Waals surface area contributed by atoms with Crippen molar-refractivity contribution in [3.8, 4) is 0 Å². The number of rotatable bonds is 4. The Bertz CT molecular complexity index is 454. The van der Waals surface area contributed by atoms with Gasteiger partial charge in [-0.25, -0.2) is 0 Å². The van der Waals surface area contributed by atoms with Crippen molar-refractivity contribution < 1.29 is 9.53 Å². The van der Waals surface area contributed by atoms with E-state index in [2.05, 4.69) is 48.2 Å². The van der Waals surface area contributed by atoms with Crippen molar-refractivity contribution in [2.75, 3.05) is 13.7 Å². The van der Waals surface area contributed by atoms with Gasteiger partial charge in [0.05, 0.1) is 13.5 Å². The lowest BCUT2D eigenvalue weighted by Gasteiger charge is -2.37. The Kier molecular flexibility index (Phi) is 4.25. The van der Waals surface area contributed by atoms with Crippen molar-refractivity contribution in [2.24, 2.45) is 0 Å². The molecule has 2 rings (SSSR count). The van der Waals surface area contributed by atoms with Crippen LogP contribution in [0.4, 0.5) is 0 Å². The molecule has 0 aliphatic heterocycles. The van der Waals surface area contributed by atoms with E-state index in [1.165, 1.54) is 24.7 Å². The van der Waals surface area contributed by atoms with Gasteiger partial charge in [0.1, 0.15) is 0 Å². The molecule has 0 bridgehead atoms.